The molecule has 5 nitrogen and oxygen atoms in total. The molecule has 142 valence electrons. The van der Waals surface area contributed by atoms with Gasteiger partial charge in [-0.25, -0.2) is 0 Å². The van der Waals surface area contributed by atoms with Gasteiger partial charge in [0.1, 0.15) is 12.0 Å². The number of hydrogen-bond donors (Lipinski definition) is 3. The van der Waals surface area contributed by atoms with Gasteiger partial charge in [0, 0.05) is 0 Å². The standard InChI is InChI=1S/C18H21F3N2O3/c1-9-2-3-10-12(8-9)14(24)6-5-13(10)22-16(25)11-4-7-15(18(19,20)21)23-17(11)26/h2-3,8,11,13-15,24H,4-7H2,1H3,(H,22,25)(H,23,26)/t11?,13-,14+,15?/m1/s1. The van der Waals surface area contributed by atoms with Gasteiger partial charge in [-0.1, -0.05) is 23.8 Å². The summed E-state index contributed by atoms with van der Waals surface area (Å²) < 4.78 is 38.1. The maximum Gasteiger partial charge on any atom is 0.408 e. The predicted octanol–water partition coefficient (Wildman–Crippen LogP) is 2.44. The van der Waals surface area contributed by atoms with Gasteiger partial charge in [-0.2, -0.15) is 13.2 Å². The third-order valence-corrected chi connectivity index (χ3v) is 5.11. The minimum absolute atomic E-state index is 0.141. The quantitative estimate of drug-likeness (QED) is 0.700. The summed E-state index contributed by atoms with van der Waals surface area (Å²) in [5, 5.41) is 14.8. The second kappa shape index (κ2) is 6.90. The fourth-order valence-corrected chi connectivity index (χ4v) is 3.66. The van der Waals surface area contributed by atoms with E-state index in [4.69, 9.17) is 0 Å². The van der Waals surface area contributed by atoms with Crippen LogP contribution >= 0.6 is 0 Å². The van der Waals surface area contributed by atoms with Crippen molar-refractivity contribution in [3.05, 3.63) is 34.9 Å². The van der Waals surface area contributed by atoms with Crippen LogP contribution in [0.5, 0.6) is 0 Å². The minimum Gasteiger partial charge on any atom is -0.388 e. The van der Waals surface area contributed by atoms with E-state index >= 15 is 0 Å². The maximum absolute atomic E-state index is 12.7. The Hall–Kier alpha value is -2.09. The van der Waals surface area contributed by atoms with Crippen LogP contribution in [0.1, 0.15) is 54.5 Å². The Balaban J connectivity index is 1.70. The number of halogens is 3. The summed E-state index contributed by atoms with van der Waals surface area (Å²) in [6.07, 6.45) is -4.60. The lowest BCUT2D eigenvalue weighted by Crippen LogP contribution is -2.54. The van der Waals surface area contributed by atoms with Crippen molar-refractivity contribution in [2.24, 2.45) is 5.92 Å². The van der Waals surface area contributed by atoms with Crippen LogP contribution in [0.2, 0.25) is 0 Å². The zero-order valence-electron chi connectivity index (χ0n) is 14.3. The Kier molecular flexibility index (Phi) is 4.96. The molecule has 2 amide bonds. The summed E-state index contributed by atoms with van der Waals surface area (Å²) >= 11 is 0. The van der Waals surface area contributed by atoms with Crippen LogP contribution in [0.3, 0.4) is 0 Å². The molecule has 0 bridgehead atoms. The highest BCUT2D eigenvalue weighted by atomic mass is 19.4. The lowest BCUT2D eigenvalue weighted by molar-refractivity contribution is -0.171. The highest BCUT2D eigenvalue weighted by molar-refractivity contribution is 6.01. The van der Waals surface area contributed by atoms with Crippen molar-refractivity contribution >= 4 is 11.8 Å². The first-order chi connectivity index (χ1) is 12.2. The number of aliphatic hydroxyl groups is 1. The second-order valence-electron chi connectivity index (χ2n) is 7.02. The summed E-state index contributed by atoms with van der Waals surface area (Å²) in [5.74, 6) is -2.60. The Morgan fingerprint density at radius 3 is 2.58 bits per heavy atom. The molecule has 8 heteroatoms. The van der Waals surface area contributed by atoms with Crippen molar-refractivity contribution in [1.29, 1.82) is 0 Å². The number of benzene rings is 1. The first-order valence-corrected chi connectivity index (χ1v) is 8.63. The van der Waals surface area contributed by atoms with Crippen LogP contribution in [-0.2, 0) is 9.59 Å². The fraction of sp³-hybridized carbons (Fsp3) is 0.556. The third kappa shape index (κ3) is 3.70. The average molecular weight is 370 g/mol. The van der Waals surface area contributed by atoms with E-state index in [-0.39, 0.29) is 18.9 Å². The lowest BCUT2D eigenvalue weighted by atomic mass is 9.84. The second-order valence-corrected chi connectivity index (χ2v) is 7.02. The molecular formula is C18H21F3N2O3. The molecule has 26 heavy (non-hydrogen) atoms. The van der Waals surface area contributed by atoms with Crippen LogP contribution < -0.4 is 10.6 Å². The summed E-state index contributed by atoms with van der Waals surface area (Å²) in [7, 11) is 0. The normalized spacial score (nSPS) is 28.9. The smallest absolute Gasteiger partial charge is 0.388 e. The van der Waals surface area contributed by atoms with Crippen molar-refractivity contribution in [1.82, 2.24) is 10.6 Å². The predicted molar refractivity (Wildman–Crippen MR) is 87.0 cm³/mol. The number of piperidine rings is 1. The van der Waals surface area contributed by atoms with E-state index in [1.165, 1.54) is 0 Å². The zero-order valence-corrected chi connectivity index (χ0v) is 14.3. The number of alkyl halides is 3. The number of hydrogen-bond acceptors (Lipinski definition) is 3. The highest BCUT2D eigenvalue weighted by Crippen LogP contribution is 2.37. The number of nitrogens with one attached hydrogen (secondary N) is 2. The molecule has 1 fully saturated rings. The molecule has 0 saturated carbocycles. The van der Waals surface area contributed by atoms with Crippen LogP contribution in [0.4, 0.5) is 13.2 Å². The lowest BCUT2D eigenvalue weighted by Gasteiger charge is -2.33. The first-order valence-electron chi connectivity index (χ1n) is 8.63. The summed E-state index contributed by atoms with van der Waals surface area (Å²) in [6.45, 7) is 1.90. The zero-order chi connectivity index (χ0) is 19.1. The van der Waals surface area contributed by atoms with E-state index < -0.39 is 36.1 Å². The SMILES string of the molecule is Cc1ccc2c(c1)[C@@H](O)CC[C@H]2NC(=O)C1CCC(C(F)(F)F)NC1=O. The summed E-state index contributed by atoms with van der Waals surface area (Å²) in [6, 6.07) is 3.30. The molecule has 0 spiro atoms. The van der Waals surface area contributed by atoms with Crippen LogP contribution in [-0.4, -0.2) is 29.1 Å². The molecule has 1 heterocycles. The largest absolute Gasteiger partial charge is 0.408 e. The van der Waals surface area contributed by atoms with E-state index in [0.29, 0.717) is 12.8 Å². The van der Waals surface area contributed by atoms with Gasteiger partial charge in [-0.3, -0.25) is 9.59 Å². The number of fused-ring (bicyclic) bond motifs is 1. The highest BCUT2D eigenvalue weighted by Gasteiger charge is 2.46. The molecule has 2 aliphatic rings. The number of aliphatic hydroxyl groups excluding tert-OH is 1. The molecular weight excluding hydrogens is 349 g/mol. The Labute approximate surface area is 149 Å². The summed E-state index contributed by atoms with van der Waals surface area (Å²) in [5.41, 5.74) is 2.51. The van der Waals surface area contributed by atoms with E-state index in [0.717, 1.165) is 16.7 Å². The molecule has 1 aromatic rings. The van der Waals surface area contributed by atoms with Gasteiger partial charge in [-0.15, -0.1) is 0 Å². The molecule has 1 aliphatic carbocycles. The van der Waals surface area contributed by atoms with Gasteiger partial charge in [0.05, 0.1) is 12.1 Å². The molecule has 4 atom stereocenters. The Morgan fingerprint density at radius 1 is 1.19 bits per heavy atom. The van der Waals surface area contributed by atoms with E-state index in [2.05, 4.69) is 5.32 Å². The molecule has 2 unspecified atom stereocenters. The average Bonchev–Trinajstić information content (AvgIpc) is 2.56. The summed E-state index contributed by atoms with van der Waals surface area (Å²) in [4.78, 5) is 24.4. The fourth-order valence-electron chi connectivity index (χ4n) is 3.66. The molecule has 1 aliphatic heterocycles. The van der Waals surface area contributed by atoms with E-state index in [1.807, 2.05) is 30.4 Å². The Bertz CT molecular complexity index is 720. The topological polar surface area (TPSA) is 78.4 Å². The van der Waals surface area contributed by atoms with Crippen LogP contribution in [0, 0.1) is 12.8 Å². The number of rotatable bonds is 2. The van der Waals surface area contributed by atoms with Gasteiger partial charge in [0.2, 0.25) is 11.8 Å². The van der Waals surface area contributed by atoms with Gasteiger partial charge < -0.3 is 15.7 Å². The van der Waals surface area contributed by atoms with Crippen molar-refractivity contribution in [2.45, 2.75) is 57.0 Å². The van der Waals surface area contributed by atoms with Crippen molar-refractivity contribution in [3.8, 4) is 0 Å². The number of carbonyl (C=O) groups excluding carboxylic acids is 2. The molecule has 1 saturated heterocycles. The molecule has 3 N–H and O–H groups in total. The van der Waals surface area contributed by atoms with Gasteiger partial charge in [0.15, 0.2) is 0 Å². The molecule has 0 aromatic heterocycles. The van der Waals surface area contributed by atoms with E-state index in [1.54, 1.807) is 0 Å². The monoisotopic (exact) mass is 370 g/mol. The van der Waals surface area contributed by atoms with Crippen LogP contribution in [0.15, 0.2) is 18.2 Å². The Morgan fingerprint density at radius 2 is 1.92 bits per heavy atom. The van der Waals surface area contributed by atoms with Crippen molar-refractivity contribution < 1.29 is 27.9 Å². The number of amides is 2. The number of carbonyl (C=O) groups is 2. The van der Waals surface area contributed by atoms with Gasteiger partial charge >= 0.3 is 6.18 Å². The maximum atomic E-state index is 12.7. The molecule has 3 rings (SSSR count). The molecule has 0 radical (unpaired) electrons. The van der Waals surface area contributed by atoms with Gasteiger partial charge in [-0.05, 0) is 43.7 Å². The van der Waals surface area contributed by atoms with Crippen molar-refractivity contribution in [2.75, 3.05) is 0 Å². The number of aryl methyl sites for hydroxylation is 1. The minimum atomic E-state index is -4.51. The van der Waals surface area contributed by atoms with Gasteiger partial charge in [0.25, 0.3) is 0 Å². The van der Waals surface area contributed by atoms with E-state index in [9.17, 15) is 27.9 Å². The molecule has 1 aromatic carbocycles. The van der Waals surface area contributed by atoms with Crippen molar-refractivity contribution in [3.63, 3.8) is 0 Å². The van der Waals surface area contributed by atoms with Crippen LogP contribution in [0.25, 0.3) is 0 Å². The third-order valence-electron chi connectivity index (χ3n) is 5.11. The first kappa shape index (κ1) is 18.7.